The van der Waals surface area contributed by atoms with E-state index in [4.69, 9.17) is 9.47 Å². The Kier molecular flexibility index (Phi) is 3.98. The van der Waals surface area contributed by atoms with E-state index in [1.54, 1.807) is 32.0 Å². The van der Waals surface area contributed by atoms with Gasteiger partial charge in [-0.1, -0.05) is 11.6 Å². The number of allylic oxidation sites excluding steroid dienone is 1. The van der Waals surface area contributed by atoms with Crippen LogP contribution in [0.2, 0.25) is 0 Å². The van der Waals surface area contributed by atoms with Crippen LogP contribution in [0.25, 0.3) is 6.08 Å². The van der Waals surface area contributed by atoms with Crippen molar-refractivity contribution < 1.29 is 29.3 Å². The highest BCUT2D eigenvalue weighted by molar-refractivity contribution is 6.09. The molecule has 1 aliphatic rings. The van der Waals surface area contributed by atoms with Gasteiger partial charge in [-0.05, 0) is 37.6 Å². The number of hydrogen-bond donors (Lipinski definition) is 2. The van der Waals surface area contributed by atoms with Gasteiger partial charge in [0.1, 0.15) is 0 Å². The molecule has 0 spiro atoms. The van der Waals surface area contributed by atoms with Gasteiger partial charge in [-0.2, -0.15) is 0 Å². The van der Waals surface area contributed by atoms with E-state index in [-0.39, 0.29) is 17.9 Å². The number of rotatable bonds is 4. The van der Waals surface area contributed by atoms with Crippen LogP contribution in [0.3, 0.4) is 0 Å². The third-order valence-corrected chi connectivity index (χ3v) is 2.92. The maximum Gasteiger partial charge on any atom is 0.336 e. The molecular formula is C15H14O6. The number of hydrogen-bond acceptors (Lipinski definition) is 4. The Bertz CT molecular complexity index is 665. The number of benzene rings is 1. The van der Waals surface area contributed by atoms with Gasteiger partial charge in [-0.3, -0.25) is 0 Å². The number of fused-ring (bicyclic) bond motifs is 1. The van der Waals surface area contributed by atoms with Crippen molar-refractivity contribution in [1.82, 2.24) is 0 Å². The second-order valence-electron chi connectivity index (χ2n) is 4.66. The molecule has 2 rings (SSSR count). The fraction of sp³-hybridized carbons (Fsp3) is 0.200. The van der Waals surface area contributed by atoms with Crippen LogP contribution in [-0.2, 0) is 9.59 Å². The molecule has 1 aromatic rings. The smallest absolute Gasteiger partial charge is 0.336 e. The first-order valence-corrected chi connectivity index (χ1v) is 6.16. The molecule has 0 amide bonds. The molecule has 0 saturated heterocycles. The van der Waals surface area contributed by atoms with Gasteiger partial charge < -0.3 is 19.7 Å². The molecule has 0 unspecified atom stereocenters. The quantitative estimate of drug-likeness (QED) is 0.653. The van der Waals surface area contributed by atoms with Crippen LogP contribution in [0.15, 0.2) is 34.9 Å². The third kappa shape index (κ3) is 3.05. The molecule has 21 heavy (non-hydrogen) atoms. The summed E-state index contributed by atoms with van der Waals surface area (Å²) < 4.78 is 10.4. The average molecular weight is 290 g/mol. The summed E-state index contributed by atoms with van der Waals surface area (Å²) in [7, 11) is 0. The zero-order valence-electron chi connectivity index (χ0n) is 11.5. The minimum atomic E-state index is -1.30. The molecule has 0 aromatic heterocycles. The second-order valence-corrected chi connectivity index (χ2v) is 4.66. The summed E-state index contributed by atoms with van der Waals surface area (Å²) >= 11 is 0. The average Bonchev–Trinajstić information content (AvgIpc) is 2.84. The maximum absolute atomic E-state index is 11.4. The number of carboxylic acid groups (broad SMARTS) is 2. The van der Waals surface area contributed by atoms with Gasteiger partial charge in [-0.15, -0.1) is 0 Å². The lowest BCUT2D eigenvalue weighted by Crippen LogP contribution is -2.12. The van der Waals surface area contributed by atoms with Gasteiger partial charge in [0.15, 0.2) is 11.5 Å². The van der Waals surface area contributed by atoms with E-state index in [0.717, 1.165) is 0 Å². The minimum Gasteiger partial charge on any atom is -0.478 e. The van der Waals surface area contributed by atoms with Gasteiger partial charge in [0.05, 0.1) is 11.1 Å². The fourth-order valence-corrected chi connectivity index (χ4v) is 2.01. The van der Waals surface area contributed by atoms with E-state index in [1.807, 2.05) is 0 Å². The minimum absolute atomic E-state index is 0.114. The highest BCUT2D eigenvalue weighted by atomic mass is 16.7. The van der Waals surface area contributed by atoms with Crippen molar-refractivity contribution in [3.63, 3.8) is 0 Å². The molecular weight excluding hydrogens is 276 g/mol. The normalized spacial score (nSPS) is 13.0. The van der Waals surface area contributed by atoms with Gasteiger partial charge in [0.25, 0.3) is 0 Å². The zero-order chi connectivity index (χ0) is 15.6. The molecule has 0 aliphatic carbocycles. The SMILES string of the molecule is CC(C)=C(C(=O)O)C(=Cc1ccc2c(c1)OCO2)C(=O)O. The van der Waals surface area contributed by atoms with Crippen LogP contribution in [0.5, 0.6) is 11.5 Å². The van der Waals surface area contributed by atoms with Crippen molar-refractivity contribution in [1.29, 1.82) is 0 Å². The molecule has 1 heterocycles. The standard InChI is InChI=1S/C15H14O6/c1-8(2)13(15(18)19)10(14(16)17)5-9-3-4-11-12(6-9)21-7-20-11/h3-6H,7H2,1-2H3,(H,16,17)(H,18,19). The summed E-state index contributed by atoms with van der Waals surface area (Å²) in [6.45, 7) is 3.22. The Morgan fingerprint density at radius 1 is 1.10 bits per heavy atom. The first kappa shape index (κ1) is 14.6. The van der Waals surface area contributed by atoms with Crippen molar-refractivity contribution in [2.24, 2.45) is 0 Å². The second kappa shape index (κ2) is 5.70. The van der Waals surface area contributed by atoms with E-state index in [9.17, 15) is 19.8 Å². The van der Waals surface area contributed by atoms with Crippen LogP contribution in [0.4, 0.5) is 0 Å². The maximum atomic E-state index is 11.4. The highest BCUT2D eigenvalue weighted by Crippen LogP contribution is 2.33. The zero-order valence-corrected chi connectivity index (χ0v) is 11.5. The monoisotopic (exact) mass is 290 g/mol. The first-order chi connectivity index (χ1) is 9.90. The molecule has 1 aliphatic heterocycles. The van der Waals surface area contributed by atoms with Gasteiger partial charge in [0.2, 0.25) is 6.79 Å². The molecule has 0 saturated carbocycles. The van der Waals surface area contributed by atoms with Crippen molar-refractivity contribution in [2.75, 3.05) is 6.79 Å². The summed E-state index contributed by atoms with van der Waals surface area (Å²) in [4.78, 5) is 22.6. The van der Waals surface area contributed by atoms with E-state index in [2.05, 4.69) is 0 Å². The Labute approximate surface area is 120 Å². The first-order valence-electron chi connectivity index (χ1n) is 6.16. The molecule has 6 nitrogen and oxygen atoms in total. The van der Waals surface area contributed by atoms with Crippen LogP contribution < -0.4 is 9.47 Å². The Morgan fingerprint density at radius 2 is 1.76 bits per heavy atom. The van der Waals surface area contributed by atoms with Gasteiger partial charge in [-0.25, -0.2) is 9.59 Å². The summed E-state index contributed by atoms with van der Waals surface area (Å²) in [5.74, 6) is -1.50. The van der Waals surface area contributed by atoms with Crippen LogP contribution in [0.1, 0.15) is 19.4 Å². The van der Waals surface area contributed by atoms with E-state index >= 15 is 0 Å². The van der Waals surface area contributed by atoms with Gasteiger partial charge in [0, 0.05) is 0 Å². The number of carboxylic acids is 2. The van der Waals surface area contributed by atoms with Crippen LogP contribution >= 0.6 is 0 Å². The lowest BCUT2D eigenvalue weighted by Gasteiger charge is -2.07. The number of carbonyl (C=O) groups is 2. The lowest BCUT2D eigenvalue weighted by molar-refractivity contribution is -0.136. The molecule has 1 aromatic carbocycles. The molecule has 0 fully saturated rings. The number of aliphatic carboxylic acids is 2. The summed E-state index contributed by atoms with van der Waals surface area (Å²) in [5, 5.41) is 18.5. The molecule has 2 N–H and O–H groups in total. The summed E-state index contributed by atoms with van der Waals surface area (Å²) in [5.41, 5.74) is 0.440. The predicted molar refractivity (Wildman–Crippen MR) is 74.2 cm³/mol. The Morgan fingerprint density at radius 3 is 2.33 bits per heavy atom. The van der Waals surface area contributed by atoms with Crippen molar-refractivity contribution in [2.45, 2.75) is 13.8 Å². The predicted octanol–water partition coefficient (Wildman–Crippen LogP) is 2.30. The number of ether oxygens (including phenoxy) is 2. The molecule has 0 bridgehead atoms. The van der Waals surface area contributed by atoms with Crippen molar-refractivity contribution in [3.05, 3.63) is 40.5 Å². The van der Waals surface area contributed by atoms with Crippen LogP contribution in [-0.4, -0.2) is 28.9 Å². The van der Waals surface area contributed by atoms with Crippen LogP contribution in [0, 0.1) is 0 Å². The van der Waals surface area contributed by atoms with Crippen molar-refractivity contribution in [3.8, 4) is 11.5 Å². The highest BCUT2D eigenvalue weighted by Gasteiger charge is 2.21. The summed E-state index contributed by atoms with van der Waals surface area (Å²) in [6.07, 6.45) is 1.31. The molecule has 0 radical (unpaired) electrons. The van der Waals surface area contributed by atoms with E-state index in [0.29, 0.717) is 22.6 Å². The Balaban J connectivity index is 2.50. The Hall–Kier alpha value is -2.76. The topological polar surface area (TPSA) is 93.1 Å². The summed E-state index contributed by atoms with van der Waals surface area (Å²) in [6, 6.07) is 4.90. The fourth-order valence-electron chi connectivity index (χ4n) is 2.01. The van der Waals surface area contributed by atoms with E-state index < -0.39 is 11.9 Å². The third-order valence-electron chi connectivity index (χ3n) is 2.92. The molecule has 6 heteroatoms. The lowest BCUT2D eigenvalue weighted by atomic mass is 9.99. The molecule has 110 valence electrons. The van der Waals surface area contributed by atoms with Crippen molar-refractivity contribution >= 4 is 18.0 Å². The molecule has 0 atom stereocenters. The largest absolute Gasteiger partial charge is 0.478 e. The van der Waals surface area contributed by atoms with E-state index in [1.165, 1.54) is 6.08 Å². The van der Waals surface area contributed by atoms with Gasteiger partial charge >= 0.3 is 11.9 Å².